The summed E-state index contributed by atoms with van der Waals surface area (Å²) in [5.74, 6) is -0.476. The van der Waals surface area contributed by atoms with Gasteiger partial charge in [-0.15, -0.1) is 24.0 Å². The predicted octanol–water partition coefficient (Wildman–Crippen LogP) is 9.82. The molecule has 2 amide bonds. The van der Waals surface area contributed by atoms with Gasteiger partial charge in [-0.05, 0) is 37.5 Å². The highest BCUT2D eigenvalue weighted by molar-refractivity contribution is 6.27. The average Bonchev–Trinajstić information content (AvgIpc) is 4.01. The molecule has 372 valence electrons. The van der Waals surface area contributed by atoms with E-state index in [4.69, 9.17) is 22.4 Å². The highest BCUT2D eigenvalue weighted by Gasteiger charge is 2.22. The monoisotopic (exact) mass is 945 g/mol. The molecule has 0 fully saturated rings. The van der Waals surface area contributed by atoms with Gasteiger partial charge in [0.2, 0.25) is 11.8 Å². The van der Waals surface area contributed by atoms with E-state index in [2.05, 4.69) is 66.8 Å². The maximum Gasteiger partial charge on any atom is 0.321 e. The third-order valence-corrected chi connectivity index (χ3v) is 11.7. The number of aromatic amines is 2. The molecule has 0 aliphatic carbocycles. The summed E-state index contributed by atoms with van der Waals surface area (Å²) in [6.07, 6.45) is 30.8. The number of amides is 2. The van der Waals surface area contributed by atoms with Crippen LogP contribution >= 0.6 is 24.0 Å². The molecular weight excluding hydrogens is 855 g/mol. The standard InChI is InChI=1S/C24H44N4O3.C18H36ClNO.C6H9N3O2.ClH/c1-3-5-7-9-11-13-15-28(16-14-12-10-8-6-4-2)23(29)19-26-22(24(30)31)17-21-18-25-20-27-21;1-5-9-11-16(7-3)14-20(18(21)13-19)15-17(8-4)12-10-6-2;7-5(6(10)11)1-4-2-8-3-9-4;/h18,20,22,26H,3-17,19H2,1-2H3,(H,25,27)(H,30,31);16-17H,5-15H2,1-4H3;2-3,5H,1,7H2,(H,8,9)(H,10,11);1H/t22-;;5-;/m0.0./s1. The smallest absolute Gasteiger partial charge is 0.321 e. The number of halogens is 2. The van der Waals surface area contributed by atoms with E-state index >= 15 is 0 Å². The first-order valence-electron chi connectivity index (χ1n) is 24.4. The van der Waals surface area contributed by atoms with Gasteiger partial charge in [-0.3, -0.25) is 24.5 Å². The van der Waals surface area contributed by atoms with E-state index in [-0.39, 0.29) is 49.5 Å². The lowest BCUT2D eigenvalue weighted by Gasteiger charge is -2.30. The van der Waals surface area contributed by atoms with Crippen LogP contribution in [0.15, 0.2) is 25.0 Å². The van der Waals surface area contributed by atoms with Gasteiger partial charge in [-0.2, -0.15) is 0 Å². The molecule has 2 aromatic heterocycles. The number of hydrogen-bond acceptors (Lipinski definition) is 8. The van der Waals surface area contributed by atoms with Crippen LogP contribution in [-0.4, -0.2) is 114 Å². The maximum atomic E-state index is 12.9. The minimum Gasteiger partial charge on any atom is -0.480 e. The molecule has 0 saturated carbocycles. The summed E-state index contributed by atoms with van der Waals surface area (Å²) < 4.78 is 0. The molecule has 64 heavy (non-hydrogen) atoms. The molecule has 2 unspecified atom stereocenters. The van der Waals surface area contributed by atoms with Crippen LogP contribution < -0.4 is 11.1 Å². The van der Waals surface area contributed by atoms with Crippen molar-refractivity contribution >= 4 is 47.8 Å². The number of alkyl halides is 1. The number of nitrogens with two attached hydrogens (primary N) is 1. The minimum absolute atomic E-state index is 0. The Balaban J connectivity index is 0. The zero-order valence-corrected chi connectivity index (χ0v) is 42.2. The van der Waals surface area contributed by atoms with Gasteiger partial charge in [0.1, 0.15) is 18.0 Å². The Morgan fingerprint density at radius 3 is 1.45 bits per heavy atom. The maximum absolute atomic E-state index is 12.9. The zero-order valence-electron chi connectivity index (χ0n) is 40.6. The predicted molar refractivity (Wildman–Crippen MR) is 264 cm³/mol. The van der Waals surface area contributed by atoms with Crippen LogP contribution in [0, 0.1) is 11.8 Å². The second kappa shape index (κ2) is 42.4. The summed E-state index contributed by atoms with van der Waals surface area (Å²) in [5, 5.41) is 20.8. The van der Waals surface area contributed by atoms with Gasteiger partial charge < -0.3 is 35.7 Å². The van der Waals surface area contributed by atoms with E-state index < -0.39 is 24.0 Å². The van der Waals surface area contributed by atoms with Crippen LogP contribution in [0.2, 0.25) is 0 Å². The first-order chi connectivity index (χ1) is 30.4. The number of aliphatic carboxylic acids is 2. The van der Waals surface area contributed by atoms with Crippen molar-refractivity contribution in [2.45, 2.75) is 195 Å². The van der Waals surface area contributed by atoms with E-state index in [0.717, 1.165) is 76.1 Å². The zero-order chi connectivity index (χ0) is 47.1. The van der Waals surface area contributed by atoms with Crippen LogP contribution in [0.4, 0.5) is 0 Å². The Morgan fingerprint density at radius 2 is 1.08 bits per heavy atom. The van der Waals surface area contributed by atoms with E-state index in [1.165, 1.54) is 103 Å². The van der Waals surface area contributed by atoms with Crippen LogP contribution in [0.5, 0.6) is 0 Å². The van der Waals surface area contributed by atoms with E-state index in [9.17, 15) is 24.3 Å². The quantitative estimate of drug-likeness (QED) is 0.0281. The molecule has 14 nitrogen and oxygen atoms in total. The number of carbonyl (C=O) groups is 4. The van der Waals surface area contributed by atoms with Crippen molar-refractivity contribution in [1.29, 1.82) is 0 Å². The Labute approximate surface area is 398 Å². The van der Waals surface area contributed by atoms with Crippen molar-refractivity contribution in [1.82, 2.24) is 35.1 Å². The first kappa shape index (κ1) is 62.9. The normalized spacial score (nSPS) is 12.6. The van der Waals surface area contributed by atoms with Crippen molar-refractivity contribution in [3.05, 3.63) is 36.4 Å². The summed E-state index contributed by atoms with van der Waals surface area (Å²) in [5.41, 5.74) is 6.74. The Kier molecular flexibility index (Phi) is 41.7. The largest absolute Gasteiger partial charge is 0.480 e. The molecule has 16 heteroatoms. The number of aromatic nitrogens is 4. The van der Waals surface area contributed by atoms with Gasteiger partial charge in [0.15, 0.2) is 0 Å². The van der Waals surface area contributed by atoms with Gasteiger partial charge in [0.25, 0.3) is 0 Å². The minimum atomic E-state index is -1.00. The van der Waals surface area contributed by atoms with Crippen LogP contribution in [0.1, 0.15) is 181 Å². The second-order valence-corrected chi connectivity index (χ2v) is 17.2. The molecular formula is C48H90Cl2N8O6. The number of unbranched alkanes of at least 4 members (excludes halogenated alkanes) is 12. The fourth-order valence-electron chi connectivity index (χ4n) is 7.25. The van der Waals surface area contributed by atoms with Crippen molar-refractivity contribution < 1.29 is 29.4 Å². The third-order valence-electron chi connectivity index (χ3n) is 11.5. The number of rotatable bonds is 36. The first-order valence-corrected chi connectivity index (χ1v) is 24.9. The van der Waals surface area contributed by atoms with E-state index in [1.807, 2.05) is 9.80 Å². The highest BCUT2D eigenvalue weighted by Crippen LogP contribution is 2.19. The summed E-state index contributed by atoms with van der Waals surface area (Å²) in [6, 6.07) is -1.66. The number of imidazole rings is 2. The number of carbonyl (C=O) groups excluding carboxylic acids is 2. The fraction of sp³-hybridized carbons (Fsp3) is 0.792. The van der Waals surface area contributed by atoms with Crippen molar-refractivity contribution in [2.24, 2.45) is 17.6 Å². The Bertz CT molecular complexity index is 1350. The molecule has 0 aromatic carbocycles. The molecule has 0 bridgehead atoms. The molecule has 2 heterocycles. The summed E-state index contributed by atoms with van der Waals surface area (Å²) in [4.78, 5) is 64.2. The topological polar surface area (TPSA) is 211 Å². The Morgan fingerprint density at radius 1 is 0.641 bits per heavy atom. The summed E-state index contributed by atoms with van der Waals surface area (Å²) in [6.45, 7) is 16.7. The molecule has 7 N–H and O–H groups in total. The van der Waals surface area contributed by atoms with Gasteiger partial charge in [-0.1, -0.05) is 144 Å². The van der Waals surface area contributed by atoms with Gasteiger partial charge in [0, 0.05) is 62.8 Å². The average molecular weight is 946 g/mol. The molecule has 0 aliphatic heterocycles. The van der Waals surface area contributed by atoms with Crippen molar-refractivity contribution in [3.8, 4) is 0 Å². The number of H-pyrrole nitrogens is 2. The van der Waals surface area contributed by atoms with Crippen LogP contribution in [0.25, 0.3) is 0 Å². The fourth-order valence-corrected chi connectivity index (χ4v) is 7.42. The SMILES string of the molecule is CCCCC(CC)CN(CC(CC)CCCC)C(=O)CCl.CCCCCCCCN(CCCCCCCC)C(=O)CN[C@@H](Cc1cnc[nH]1)C(=O)O.Cl.N[C@@H](Cc1cnc[nH]1)C(=O)O. The number of nitrogens with one attached hydrogen (secondary N) is 3. The summed E-state index contributed by atoms with van der Waals surface area (Å²) in [7, 11) is 0. The Hall–Kier alpha value is -3.20. The van der Waals surface area contributed by atoms with Gasteiger partial charge >= 0.3 is 11.9 Å². The third kappa shape index (κ3) is 32.5. The highest BCUT2D eigenvalue weighted by atomic mass is 35.5. The lowest BCUT2D eigenvalue weighted by atomic mass is 9.95. The lowest BCUT2D eigenvalue weighted by molar-refractivity contribution is -0.140. The van der Waals surface area contributed by atoms with Crippen LogP contribution in [0.3, 0.4) is 0 Å². The molecule has 0 spiro atoms. The molecule has 0 radical (unpaired) electrons. The van der Waals surface area contributed by atoms with Gasteiger partial charge in [0.05, 0.1) is 19.2 Å². The molecule has 0 saturated heterocycles. The van der Waals surface area contributed by atoms with Crippen molar-refractivity contribution in [2.75, 3.05) is 38.6 Å². The summed E-state index contributed by atoms with van der Waals surface area (Å²) >= 11 is 5.82. The van der Waals surface area contributed by atoms with E-state index in [1.54, 1.807) is 12.4 Å². The number of hydrogen-bond donors (Lipinski definition) is 6. The van der Waals surface area contributed by atoms with Crippen LogP contribution in [-0.2, 0) is 32.0 Å². The number of carboxylic acid groups (broad SMARTS) is 2. The number of nitrogens with zero attached hydrogens (tertiary/aromatic N) is 4. The lowest BCUT2D eigenvalue weighted by Crippen LogP contribution is -2.46. The van der Waals surface area contributed by atoms with E-state index in [0.29, 0.717) is 11.8 Å². The molecule has 2 rings (SSSR count). The molecule has 4 atom stereocenters. The second-order valence-electron chi connectivity index (χ2n) is 17.0. The van der Waals surface area contributed by atoms with Gasteiger partial charge in [-0.25, -0.2) is 9.97 Å². The molecule has 0 aliphatic rings. The number of carboxylic acids is 2. The van der Waals surface area contributed by atoms with Crippen molar-refractivity contribution in [3.63, 3.8) is 0 Å². The molecule has 2 aromatic rings.